The molecule has 2 amide bonds. The zero-order valence-corrected chi connectivity index (χ0v) is 15.9. The fourth-order valence-electron chi connectivity index (χ4n) is 3.40. The fourth-order valence-corrected chi connectivity index (χ4v) is 3.40. The minimum Gasteiger partial charge on any atom is -0.410 e. The number of halogens is 1. The summed E-state index contributed by atoms with van der Waals surface area (Å²) >= 11 is 0. The topological polar surface area (TPSA) is 75.9 Å². The molecule has 0 bridgehead atoms. The van der Waals surface area contributed by atoms with Crippen LogP contribution in [-0.4, -0.2) is 36.5 Å². The van der Waals surface area contributed by atoms with E-state index in [2.05, 4.69) is 4.90 Å². The van der Waals surface area contributed by atoms with Crippen LogP contribution in [0.3, 0.4) is 0 Å². The second-order valence-corrected chi connectivity index (χ2v) is 7.48. The minimum absolute atomic E-state index is 0.00532. The number of likely N-dealkylation sites (tertiary alicyclic amines) is 1. The van der Waals surface area contributed by atoms with Crippen molar-refractivity contribution in [3.8, 4) is 5.75 Å². The fraction of sp³-hybridized carbons (Fsp3) is 0.273. The third kappa shape index (κ3) is 4.63. The van der Waals surface area contributed by atoms with Crippen LogP contribution in [0.5, 0.6) is 5.75 Å². The Morgan fingerprint density at radius 2 is 1.90 bits per heavy atom. The van der Waals surface area contributed by atoms with Gasteiger partial charge in [0, 0.05) is 37.5 Å². The van der Waals surface area contributed by atoms with E-state index in [9.17, 15) is 14.0 Å². The first-order valence-electron chi connectivity index (χ1n) is 9.57. The lowest BCUT2D eigenvalue weighted by molar-refractivity contribution is 0.0996. The maximum atomic E-state index is 14.7. The van der Waals surface area contributed by atoms with E-state index < -0.39 is 11.9 Å². The lowest BCUT2D eigenvalue weighted by Gasteiger charge is -2.35. The number of carbonyl (C=O) groups is 2. The number of nitrogens with zero attached hydrogens (tertiary/aromatic N) is 2. The molecule has 2 N–H and O–H groups in total. The number of benzene rings is 2. The van der Waals surface area contributed by atoms with Gasteiger partial charge in [0.15, 0.2) is 0 Å². The van der Waals surface area contributed by atoms with E-state index in [1.165, 1.54) is 29.9 Å². The number of ether oxygens (including phenoxy) is 1. The van der Waals surface area contributed by atoms with E-state index in [0.29, 0.717) is 5.56 Å². The van der Waals surface area contributed by atoms with E-state index in [1.807, 2.05) is 6.07 Å². The molecule has 4 rings (SSSR count). The number of anilines is 1. The number of rotatable bonds is 6. The smallest absolute Gasteiger partial charge is 0.409 e. The lowest BCUT2D eigenvalue weighted by Crippen LogP contribution is -2.42. The molecule has 150 valence electrons. The molecule has 2 aromatic rings. The maximum Gasteiger partial charge on any atom is 0.409 e. The molecule has 1 aliphatic carbocycles. The number of primary amides is 1. The first-order valence-corrected chi connectivity index (χ1v) is 9.57. The summed E-state index contributed by atoms with van der Waals surface area (Å²) < 4.78 is 19.5. The van der Waals surface area contributed by atoms with Crippen molar-refractivity contribution in [2.75, 3.05) is 24.5 Å². The molecule has 6 nitrogen and oxygen atoms in total. The highest BCUT2D eigenvalue weighted by atomic mass is 19.1. The van der Waals surface area contributed by atoms with Crippen molar-refractivity contribution < 1.29 is 18.7 Å². The van der Waals surface area contributed by atoms with Crippen LogP contribution in [0.1, 0.15) is 23.2 Å². The molecule has 0 unspecified atom stereocenters. The summed E-state index contributed by atoms with van der Waals surface area (Å²) in [6.07, 6.45) is 3.25. The van der Waals surface area contributed by atoms with Crippen LogP contribution in [0, 0.1) is 11.7 Å². The average Bonchev–Trinajstić information content (AvgIpc) is 3.49. The predicted octanol–water partition coefficient (Wildman–Crippen LogP) is 3.54. The molecule has 2 fully saturated rings. The van der Waals surface area contributed by atoms with E-state index in [4.69, 9.17) is 10.5 Å². The Morgan fingerprint density at radius 3 is 2.55 bits per heavy atom. The molecule has 0 spiro atoms. The average molecular weight is 395 g/mol. The molecule has 0 atom stereocenters. The standard InChI is InChI=1S/C22H22FN3O3/c23-19-9-8-18(29-22(24)28)10-20(19)26(21(27)17-4-2-1-3-5-17)14-16-12-25(13-16)11-15-6-7-15/h1-5,8-10,14-15H,6-7,11-13H2,(H2,24,28). The van der Waals surface area contributed by atoms with Crippen molar-refractivity contribution in [2.24, 2.45) is 11.7 Å². The minimum atomic E-state index is -1.00. The summed E-state index contributed by atoms with van der Waals surface area (Å²) in [6, 6.07) is 12.4. The van der Waals surface area contributed by atoms with Gasteiger partial charge in [-0.25, -0.2) is 9.18 Å². The van der Waals surface area contributed by atoms with Gasteiger partial charge in [0.25, 0.3) is 5.91 Å². The highest BCUT2D eigenvalue weighted by Crippen LogP contribution is 2.33. The van der Waals surface area contributed by atoms with E-state index in [1.54, 1.807) is 30.5 Å². The first kappa shape index (κ1) is 19.1. The summed E-state index contributed by atoms with van der Waals surface area (Å²) in [6.45, 7) is 2.59. The van der Waals surface area contributed by atoms with Crippen molar-refractivity contribution in [2.45, 2.75) is 12.8 Å². The van der Waals surface area contributed by atoms with Crippen LogP contribution >= 0.6 is 0 Å². The Kier molecular flexibility index (Phi) is 5.31. The summed E-state index contributed by atoms with van der Waals surface area (Å²) in [4.78, 5) is 27.8. The van der Waals surface area contributed by atoms with Gasteiger partial charge in [0.2, 0.25) is 0 Å². The van der Waals surface area contributed by atoms with Crippen molar-refractivity contribution in [3.63, 3.8) is 0 Å². The van der Waals surface area contributed by atoms with E-state index in [-0.39, 0.29) is 17.3 Å². The zero-order chi connectivity index (χ0) is 20.4. The highest BCUT2D eigenvalue weighted by Gasteiger charge is 2.30. The quantitative estimate of drug-likeness (QED) is 0.812. The van der Waals surface area contributed by atoms with Crippen LogP contribution in [-0.2, 0) is 0 Å². The van der Waals surface area contributed by atoms with Crippen molar-refractivity contribution >= 4 is 17.7 Å². The van der Waals surface area contributed by atoms with Gasteiger partial charge in [-0.2, -0.15) is 0 Å². The zero-order valence-electron chi connectivity index (χ0n) is 15.9. The molecule has 2 aliphatic rings. The molecule has 29 heavy (non-hydrogen) atoms. The van der Waals surface area contributed by atoms with Crippen LogP contribution < -0.4 is 15.4 Å². The molecule has 1 aliphatic heterocycles. The summed E-state index contributed by atoms with van der Waals surface area (Å²) in [5.74, 6) is -0.105. The van der Waals surface area contributed by atoms with Crippen LogP contribution in [0.4, 0.5) is 14.9 Å². The summed E-state index contributed by atoms with van der Waals surface area (Å²) in [7, 11) is 0. The third-order valence-electron chi connectivity index (χ3n) is 5.01. The Bertz CT molecular complexity index is 949. The second kappa shape index (κ2) is 8.05. The molecule has 2 aromatic carbocycles. The largest absolute Gasteiger partial charge is 0.410 e. The van der Waals surface area contributed by atoms with Crippen molar-refractivity contribution in [1.82, 2.24) is 4.90 Å². The molecule has 1 saturated carbocycles. The number of nitrogens with two attached hydrogens (primary N) is 1. The second-order valence-electron chi connectivity index (χ2n) is 7.48. The Labute approximate surface area is 168 Å². The van der Waals surface area contributed by atoms with Crippen LogP contribution in [0.25, 0.3) is 0 Å². The number of amides is 2. The monoisotopic (exact) mass is 395 g/mol. The maximum absolute atomic E-state index is 14.7. The third-order valence-corrected chi connectivity index (χ3v) is 5.01. The van der Waals surface area contributed by atoms with Crippen molar-refractivity contribution in [1.29, 1.82) is 0 Å². The van der Waals surface area contributed by atoms with Crippen LogP contribution in [0.15, 0.2) is 60.3 Å². The van der Waals surface area contributed by atoms with Gasteiger partial charge < -0.3 is 10.5 Å². The Morgan fingerprint density at radius 1 is 1.17 bits per heavy atom. The molecule has 0 aromatic heterocycles. The summed E-state index contributed by atoms with van der Waals surface area (Å²) in [5, 5.41) is 0. The van der Waals surface area contributed by atoms with Gasteiger partial charge in [-0.1, -0.05) is 18.2 Å². The summed E-state index contributed by atoms with van der Waals surface area (Å²) in [5.41, 5.74) is 6.53. The van der Waals surface area contributed by atoms with Gasteiger partial charge >= 0.3 is 6.09 Å². The Hall–Kier alpha value is -3.19. The Balaban J connectivity index is 1.63. The molecule has 1 saturated heterocycles. The van der Waals surface area contributed by atoms with Crippen molar-refractivity contribution in [3.05, 3.63) is 71.7 Å². The molecular formula is C22H22FN3O3. The molecule has 1 heterocycles. The SMILES string of the molecule is NC(=O)Oc1ccc(F)c(N(C=C2CN(CC3CC3)C2)C(=O)c2ccccc2)c1. The van der Waals surface area contributed by atoms with Gasteiger partial charge in [-0.15, -0.1) is 0 Å². The first-order chi connectivity index (χ1) is 14.0. The van der Waals surface area contributed by atoms with Crippen LogP contribution in [0.2, 0.25) is 0 Å². The lowest BCUT2D eigenvalue weighted by atomic mass is 10.1. The van der Waals surface area contributed by atoms with Gasteiger partial charge in [-0.05, 0) is 48.6 Å². The molecular weight excluding hydrogens is 373 g/mol. The van der Waals surface area contributed by atoms with E-state index >= 15 is 0 Å². The number of hydrogen-bond acceptors (Lipinski definition) is 4. The normalized spacial score (nSPS) is 16.1. The molecule has 7 heteroatoms. The molecule has 0 radical (unpaired) electrons. The van der Waals surface area contributed by atoms with Gasteiger partial charge in [0.1, 0.15) is 11.6 Å². The number of carbonyl (C=O) groups excluding carboxylic acids is 2. The van der Waals surface area contributed by atoms with Gasteiger partial charge in [-0.3, -0.25) is 14.6 Å². The predicted molar refractivity (Wildman–Crippen MR) is 107 cm³/mol. The number of hydrogen-bond donors (Lipinski definition) is 1. The van der Waals surface area contributed by atoms with Gasteiger partial charge in [0.05, 0.1) is 5.69 Å². The van der Waals surface area contributed by atoms with E-state index in [0.717, 1.165) is 37.2 Å². The highest BCUT2D eigenvalue weighted by molar-refractivity contribution is 6.07.